The van der Waals surface area contributed by atoms with E-state index in [1.165, 1.54) is 0 Å². The van der Waals surface area contributed by atoms with Crippen LogP contribution in [-0.2, 0) is 4.74 Å². The summed E-state index contributed by atoms with van der Waals surface area (Å²) in [6.07, 6.45) is 1.95. The number of ether oxygens (including phenoxy) is 3. The number of carbonyl (C=O) groups excluding carboxylic acids is 1. The Morgan fingerprint density at radius 3 is 2.87 bits per heavy atom. The number of nitrogens with zero attached hydrogens (tertiary/aromatic N) is 1. The molecule has 6 nitrogen and oxygen atoms in total. The van der Waals surface area contributed by atoms with E-state index >= 15 is 0 Å². The Kier molecular flexibility index (Phi) is 6.92. The van der Waals surface area contributed by atoms with Crippen LogP contribution in [0.25, 0.3) is 0 Å². The number of morpholine rings is 1. The highest BCUT2D eigenvalue weighted by atomic mass is 79.9. The first-order chi connectivity index (χ1) is 14.7. The number of carbonyl (C=O) groups is 1. The number of nitrogens with one attached hydrogen (secondary N) is 1. The highest BCUT2D eigenvalue weighted by Gasteiger charge is 2.38. The molecule has 30 heavy (non-hydrogen) atoms. The molecule has 7 heteroatoms. The van der Waals surface area contributed by atoms with E-state index in [9.17, 15) is 4.79 Å². The standard InChI is InChI=1S/C23H27BrN2O4/c1-28-18-8-9-21-19(14-18)22-20(15-30-21)26(12-13-29-22)11-3-2-10-25-23(27)16-4-6-17(24)7-5-16/h4-9,14,20,22H,2-3,10-13,15H2,1H3,(H,25,27)/t20-,22-/m1/s1. The van der Waals surface area contributed by atoms with Gasteiger partial charge in [-0.1, -0.05) is 15.9 Å². The van der Waals surface area contributed by atoms with Gasteiger partial charge in [-0.2, -0.15) is 0 Å². The Morgan fingerprint density at radius 1 is 1.23 bits per heavy atom. The highest BCUT2D eigenvalue weighted by Crippen LogP contribution is 2.40. The second-order valence-electron chi connectivity index (χ2n) is 7.58. The molecule has 4 rings (SSSR count). The van der Waals surface area contributed by atoms with Gasteiger partial charge < -0.3 is 19.5 Å². The van der Waals surface area contributed by atoms with E-state index in [2.05, 4.69) is 26.1 Å². The molecule has 2 heterocycles. The lowest BCUT2D eigenvalue weighted by molar-refractivity contribution is -0.0960. The molecule has 1 N–H and O–H groups in total. The van der Waals surface area contributed by atoms with Crippen LogP contribution in [-0.4, -0.2) is 56.8 Å². The molecule has 1 saturated heterocycles. The van der Waals surface area contributed by atoms with Gasteiger partial charge in [-0.25, -0.2) is 0 Å². The molecule has 0 unspecified atom stereocenters. The summed E-state index contributed by atoms with van der Waals surface area (Å²) in [5, 5.41) is 3.00. The van der Waals surface area contributed by atoms with E-state index in [0.29, 0.717) is 25.3 Å². The lowest BCUT2D eigenvalue weighted by Gasteiger charge is -2.44. The van der Waals surface area contributed by atoms with Gasteiger partial charge in [0.15, 0.2) is 0 Å². The fourth-order valence-electron chi connectivity index (χ4n) is 4.06. The summed E-state index contributed by atoms with van der Waals surface area (Å²) in [5.41, 5.74) is 1.75. The number of hydrogen-bond donors (Lipinski definition) is 1. The average Bonchev–Trinajstić information content (AvgIpc) is 2.78. The van der Waals surface area contributed by atoms with Gasteiger partial charge in [0.2, 0.25) is 0 Å². The van der Waals surface area contributed by atoms with Gasteiger partial charge in [0.05, 0.1) is 19.8 Å². The minimum absolute atomic E-state index is 0.00899. The molecular formula is C23H27BrN2O4. The van der Waals surface area contributed by atoms with Crippen molar-refractivity contribution in [3.05, 3.63) is 58.1 Å². The van der Waals surface area contributed by atoms with Crippen molar-refractivity contribution in [3.63, 3.8) is 0 Å². The van der Waals surface area contributed by atoms with Crippen molar-refractivity contribution >= 4 is 21.8 Å². The van der Waals surface area contributed by atoms with Crippen LogP contribution in [0.4, 0.5) is 0 Å². The van der Waals surface area contributed by atoms with Crippen LogP contribution in [0.5, 0.6) is 11.5 Å². The molecule has 160 valence electrons. The second-order valence-corrected chi connectivity index (χ2v) is 8.50. The number of fused-ring (bicyclic) bond motifs is 3. The lowest BCUT2D eigenvalue weighted by Crippen LogP contribution is -2.52. The predicted molar refractivity (Wildman–Crippen MR) is 118 cm³/mol. The van der Waals surface area contributed by atoms with Crippen molar-refractivity contribution in [2.75, 3.05) is 40.0 Å². The van der Waals surface area contributed by atoms with Crippen LogP contribution in [0.2, 0.25) is 0 Å². The van der Waals surface area contributed by atoms with E-state index < -0.39 is 0 Å². The largest absolute Gasteiger partial charge is 0.497 e. The minimum atomic E-state index is -0.0276. The monoisotopic (exact) mass is 474 g/mol. The number of halogens is 1. The zero-order valence-corrected chi connectivity index (χ0v) is 18.7. The van der Waals surface area contributed by atoms with Crippen LogP contribution in [0.1, 0.15) is 34.9 Å². The fraction of sp³-hybridized carbons (Fsp3) is 0.435. The summed E-state index contributed by atoms with van der Waals surface area (Å²) in [7, 11) is 1.67. The predicted octanol–water partition coefficient (Wildman–Crippen LogP) is 3.80. The average molecular weight is 475 g/mol. The Hall–Kier alpha value is -2.09. The number of rotatable bonds is 7. The van der Waals surface area contributed by atoms with Gasteiger partial charge in [-0.05, 0) is 61.9 Å². The molecule has 0 saturated carbocycles. The first kappa shape index (κ1) is 21.2. The summed E-state index contributed by atoms with van der Waals surface area (Å²) in [6, 6.07) is 13.5. The molecule has 2 aromatic rings. The summed E-state index contributed by atoms with van der Waals surface area (Å²) < 4.78 is 18.5. The maximum absolute atomic E-state index is 12.2. The third kappa shape index (κ3) is 4.79. The van der Waals surface area contributed by atoms with Gasteiger partial charge >= 0.3 is 0 Å². The van der Waals surface area contributed by atoms with Gasteiger partial charge in [-0.3, -0.25) is 9.69 Å². The second kappa shape index (κ2) is 9.81. The zero-order chi connectivity index (χ0) is 20.9. The number of amides is 1. The molecule has 0 radical (unpaired) electrons. The third-order valence-corrected chi connectivity index (χ3v) is 6.22. The van der Waals surface area contributed by atoms with E-state index in [4.69, 9.17) is 14.2 Å². The summed E-state index contributed by atoms with van der Waals surface area (Å²) in [4.78, 5) is 14.6. The molecule has 2 aliphatic rings. The van der Waals surface area contributed by atoms with E-state index in [1.807, 2.05) is 42.5 Å². The SMILES string of the molecule is COc1ccc2c(c1)[C@H]1OCCN(CCCCNC(=O)c3ccc(Br)cc3)[C@@H]1CO2. The topological polar surface area (TPSA) is 60.0 Å². The van der Waals surface area contributed by atoms with Crippen molar-refractivity contribution < 1.29 is 19.0 Å². The lowest BCUT2D eigenvalue weighted by atomic mass is 9.96. The van der Waals surface area contributed by atoms with Crippen LogP contribution < -0.4 is 14.8 Å². The smallest absolute Gasteiger partial charge is 0.251 e. The van der Waals surface area contributed by atoms with Crippen molar-refractivity contribution in [2.24, 2.45) is 0 Å². The Bertz CT molecular complexity index is 874. The minimum Gasteiger partial charge on any atom is -0.497 e. The zero-order valence-electron chi connectivity index (χ0n) is 17.1. The van der Waals surface area contributed by atoms with Gasteiger partial charge in [-0.15, -0.1) is 0 Å². The van der Waals surface area contributed by atoms with E-state index in [0.717, 1.165) is 47.5 Å². The van der Waals surface area contributed by atoms with E-state index in [-0.39, 0.29) is 18.1 Å². The van der Waals surface area contributed by atoms with Crippen molar-refractivity contribution in [3.8, 4) is 11.5 Å². The molecule has 0 aromatic heterocycles. The maximum Gasteiger partial charge on any atom is 0.251 e. The maximum atomic E-state index is 12.2. The quantitative estimate of drug-likeness (QED) is 0.618. The number of methoxy groups -OCH3 is 1. The molecule has 1 amide bonds. The van der Waals surface area contributed by atoms with E-state index in [1.54, 1.807) is 7.11 Å². The van der Waals surface area contributed by atoms with Gasteiger partial charge in [0.1, 0.15) is 24.2 Å². The molecule has 0 bridgehead atoms. The van der Waals surface area contributed by atoms with Crippen LogP contribution >= 0.6 is 15.9 Å². The Labute approximate surface area is 185 Å². The number of benzene rings is 2. The third-order valence-electron chi connectivity index (χ3n) is 5.69. The van der Waals surface area contributed by atoms with Gasteiger partial charge in [0, 0.05) is 28.7 Å². The van der Waals surface area contributed by atoms with Crippen LogP contribution in [0, 0.1) is 0 Å². The van der Waals surface area contributed by atoms with Crippen molar-refractivity contribution in [1.29, 1.82) is 0 Å². The number of unbranched alkanes of at least 4 members (excludes halogenated alkanes) is 1. The normalized spacial score (nSPS) is 20.6. The highest BCUT2D eigenvalue weighted by molar-refractivity contribution is 9.10. The van der Waals surface area contributed by atoms with Crippen molar-refractivity contribution in [2.45, 2.75) is 25.0 Å². The molecule has 2 aliphatic heterocycles. The molecule has 2 aromatic carbocycles. The molecule has 0 spiro atoms. The molecular weight excluding hydrogens is 448 g/mol. The van der Waals surface area contributed by atoms with Crippen LogP contribution in [0.15, 0.2) is 46.9 Å². The number of hydrogen-bond acceptors (Lipinski definition) is 5. The van der Waals surface area contributed by atoms with Gasteiger partial charge in [0.25, 0.3) is 5.91 Å². The molecule has 0 aliphatic carbocycles. The Morgan fingerprint density at radius 2 is 2.07 bits per heavy atom. The Balaban J connectivity index is 1.26. The summed E-state index contributed by atoms with van der Waals surface area (Å²) in [6.45, 7) is 3.86. The molecule has 1 fully saturated rings. The summed E-state index contributed by atoms with van der Waals surface area (Å²) in [5.74, 6) is 1.68. The fourth-order valence-corrected chi connectivity index (χ4v) is 4.32. The summed E-state index contributed by atoms with van der Waals surface area (Å²) >= 11 is 3.39. The first-order valence-electron chi connectivity index (χ1n) is 10.4. The first-order valence-corrected chi connectivity index (χ1v) is 11.1. The van der Waals surface area contributed by atoms with Crippen LogP contribution in [0.3, 0.4) is 0 Å². The molecule has 2 atom stereocenters. The van der Waals surface area contributed by atoms with Crippen molar-refractivity contribution in [1.82, 2.24) is 10.2 Å².